The van der Waals surface area contributed by atoms with Crippen LogP contribution in [0.2, 0.25) is 0 Å². The van der Waals surface area contributed by atoms with E-state index in [4.69, 9.17) is 15.6 Å². The van der Waals surface area contributed by atoms with Gasteiger partial charge >= 0.3 is 0 Å². The summed E-state index contributed by atoms with van der Waals surface area (Å²) in [5, 5.41) is 12.2. The number of rotatable bonds is 6. The van der Waals surface area contributed by atoms with Crippen LogP contribution in [-0.2, 0) is 4.74 Å². The van der Waals surface area contributed by atoms with E-state index in [0.717, 1.165) is 0 Å². The Morgan fingerprint density at radius 2 is 2.27 bits per heavy atom. The van der Waals surface area contributed by atoms with Crippen molar-refractivity contribution in [2.75, 3.05) is 26.8 Å². The minimum Gasteiger partial charge on any atom is -0.389 e. The highest BCUT2D eigenvalue weighted by Gasteiger charge is 2.04. The predicted molar refractivity (Wildman–Crippen MR) is 44.4 cm³/mol. The van der Waals surface area contributed by atoms with Crippen molar-refractivity contribution in [1.82, 2.24) is 5.32 Å². The van der Waals surface area contributed by atoms with Gasteiger partial charge in [0.05, 0.1) is 12.7 Å². The Hall–Kier alpha value is -0.160. The van der Waals surface area contributed by atoms with Crippen molar-refractivity contribution in [3.63, 3.8) is 0 Å². The molecule has 0 saturated carbocycles. The molecule has 0 aromatic heterocycles. The third-order valence-corrected chi connectivity index (χ3v) is 1.41. The van der Waals surface area contributed by atoms with E-state index < -0.39 is 6.10 Å². The van der Waals surface area contributed by atoms with Gasteiger partial charge in [-0.3, -0.25) is 0 Å². The first-order valence-electron chi connectivity index (χ1n) is 3.81. The summed E-state index contributed by atoms with van der Waals surface area (Å²) in [5.74, 6) is 0. The van der Waals surface area contributed by atoms with Gasteiger partial charge in [-0.15, -0.1) is 0 Å². The number of methoxy groups -OCH3 is 1. The molecule has 0 aromatic carbocycles. The lowest BCUT2D eigenvalue weighted by atomic mass is 10.3. The second kappa shape index (κ2) is 6.54. The van der Waals surface area contributed by atoms with Gasteiger partial charge in [-0.25, -0.2) is 0 Å². The molecule has 2 unspecified atom stereocenters. The zero-order valence-electron chi connectivity index (χ0n) is 7.21. The van der Waals surface area contributed by atoms with Gasteiger partial charge in [0, 0.05) is 26.2 Å². The first-order valence-corrected chi connectivity index (χ1v) is 3.81. The molecule has 0 heterocycles. The lowest BCUT2D eigenvalue weighted by molar-refractivity contribution is 0.0632. The molecule has 0 aliphatic heterocycles. The molecular formula is C7H18N2O2. The van der Waals surface area contributed by atoms with E-state index >= 15 is 0 Å². The molecule has 0 aliphatic carbocycles. The van der Waals surface area contributed by atoms with Crippen LogP contribution in [0.25, 0.3) is 0 Å². The lowest BCUT2D eigenvalue weighted by Crippen LogP contribution is -2.39. The van der Waals surface area contributed by atoms with E-state index in [-0.39, 0.29) is 6.04 Å². The fourth-order valence-corrected chi connectivity index (χ4v) is 0.672. The second-order valence-corrected chi connectivity index (χ2v) is 2.65. The molecule has 11 heavy (non-hydrogen) atoms. The molecule has 4 heteroatoms. The van der Waals surface area contributed by atoms with E-state index in [1.165, 1.54) is 0 Å². The Balaban J connectivity index is 3.22. The van der Waals surface area contributed by atoms with Crippen LogP contribution in [-0.4, -0.2) is 44.1 Å². The molecule has 0 aliphatic rings. The van der Waals surface area contributed by atoms with Crippen molar-refractivity contribution >= 4 is 0 Å². The van der Waals surface area contributed by atoms with Crippen molar-refractivity contribution in [3.05, 3.63) is 0 Å². The first-order chi connectivity index (χ1) is 5.20. The summed E-state index contributed by atoms with van der Waals surface area (Å²) in [7, 11) is 1.57. The van der Waals surface area contributed by atoms with E-state index in [1.54, 1.807) is 7.11 Å². The monoisotopic (exact) mass is 162 g/mol. The molecule has 0 amide bonds. The standard InChI is InChI=1S/C7H18N2O2/c1-6(3-8)9-4-7(10)5-11-2/h6-7,9-10H,3-5,8H2,1-2H3. The van der Waals surface area contributed by atoms with Gasteiger partial charge in [-0.05, 0) is 6.92 Å². The number of hydrogen-bond donors (Lipinski definition) is 3. The zero-order chi connectivity index (χ0) is 8.69. The molecule has 0 fully saturated rings. The van der Waals surface area contributed by atoms with Gasteiger partial charge in [0.2, 0.25) is 0 Å². The third kappa shape index (κ3) is 6.25. The van der Waals surface area contributed by atoms with Crippen LogP contribution in [0.1, 0.15) is 6.92 Å². The molecular weight excluding hydrogens is 144 g/mol. The smallest absolute Gasteiger partial charge is 0.0897 e. The van der Waals surface area contributed by atoms with Crippen LogP contribution >= 0.6 is 0 Å². The molecule has 0 radical (unpaired) electrons. The number of hydrogen-bond acceptors (Lipinski definition) is 4. The summed E-state index contributed by atoms with van der Waals surface area (Å²) >= 11 is 0. The third-order valence-electron chi connectivity index (χ3n) is 1.41. The van der Waals surface area contributed by atoms with Crippen molar-refractivity contribution in [2.24, 2.45) is 5.73 Å². The second-order valence-electron chi connectivity index (χ2n) is 2.65. The van der Waals surface area contributed by atoms with Crippen molar-refractivity contribution in [1.29, 1.82) is 0 Å². The maximum Gasteiger partial charge on any atom is 0.0897 e. The molecule has 4 N–H and O–H groups in total. The normalized spacial score (nSPS) is 16.4. The Morgan fingerprint density at radius 1 is 1.64 bits per heavy atom. The van der Waals surface area contributed by atoms with Crippen LogP contribution in [0.15, 0.2) is 0 Å². The maximum atomic E-state index is 9.17. The fraction of sp³-hybridized carbons (Fsp3) is 1.00. The van der Waals surface area contributed by atoms with E-state index in [0.29, 0.717) is 19.7 Å². The number of aliphatic hydroxyl groups is 1. The lowest BCUT2D eigenvalue weighted by Gasteiger charge is -2.14. The van der Waals surface area contributed by atoms with Crippen molar-refractivity contribution in [2.45, 2.75) is 19.1 Å². The molecule has 4 nitrogen and oxygen atoms in total. The van der Waals surface area contributed by atoms with Gasteiger partial charge in [0.15, 0.2) is 0 Å². The Bertz CT molecular complexity index is 90.5. The first kappa shape index (κ1) is 10.8. The van der Waals surface area contributed by atoms with E-state index in [1.807, 2.05) is 6.92 Å². The molecule has 0 bridgehead atoms. The topological polar surface area (TPSA) is 67.5 Å². The number of nitrogens with one attached hydrogen (secondary N) is 1. The summed E-state index contributed by atoms with van der Waals surface area (Å²) in [5.41, 5.74) is 5.36. The SMILES string of the molecule is COCC(O)CNC(C)CN. The summed E-state index contributed by atoms with van der Waals surface area (Å²) in [6.45, 7) is 3.45. The maximum absolute atomic E-state index is 9.17. The summed E-state index contributed by atoms with van der Waals surface area (Å²) in [6.07, 6.45) is -0.436. The van der Waals surface area contributed by atoms with Crippen LogP contribution in [0.3, 0.4) is 0 Å². The van der Waals surface area contributed by atoms with Gasteiger partial charge in [-0.1, -0.05) is 0 Å². The summed E-state index contributed by atoms with van der Waals surface area (Å²) in [4.78, 5) is 0. The van der Waals surface area contributed by atoms with Gasteiger partial charge < -0.3 is 20.9 Å². The number of aliphatic hydroxyl groups excluding tert-OH is 1. The molecule has 0 rings (SSSR count). The average molecular weight is 162 g/mol. The van der Waals surface area contributed by atoms with Crippen LogP contribution in [0.4, 0.5) is 0 Å². The summed E-state index contributed by atoms with van der Waals surface area (Å²) in [6, 6.07) is 0.251. The average Bonchev–Trinajstić information content (AvgIpc) is 2.01. The Kier molecular flexibility index (Phi) is 6.45. The van der Waals surface area contributed by atoms with Gasteiger partial charge in [-0.2, -0.15) is 0 Å². The quantitative estimate of drug-likeness (QED) is 0.465. The number of ether oxygens (including phenoxy) is 1. The predicted octanol–water partition coefficient (Wildman–Crippen LogP) is -1.07. The van der Waals surface area contributed by atoms with Gasteiger partial charge in [0.1, 0.15) is 0 Å². The van der Waals surface area contributed by atoms with Crippen LogP contribution in [0, 0.1) is 0 Å². The molecule has 0 spiro atoms. The minimum absolute atomic E-state index is 0.251. The van der Waals surface area contributed by atoms with Crippen molar-refractivity contribution < 1.29 is 9.84 Å². The highest BCUT2D eigenvalue weighted by Crippen LogP contribution is 1.83. The Morgan fingerprint density at radius 3 is 2.73 bits per heavy atom. The zero-order valence-corrected chi connectivity index (χ0v) is 7.21. The van der Waals surface area contributed by atoms with E-state index in [2.05, 4.69) is 5.32 Å². The summed E-state index contributed by atoms with van der Waals surface area (Å²) < 4.78 is 4.75. The van der Waals surface area contributed by atoms with Crippen molar-refractivity contribution in [3.8, 4) is 0 Å². The Labute approximate surface area is 67.7 Å². The largest absolute Gasteiger partial charge is 0.389 e. The van der Waals surface area contributed by atoms with Crippen LogP contribution < -0.4 is 11.1 Å². The number of nitrogens with two attached hydrogens (primary N) is 1. The van der Waals surface area contributed by atoms with E-state index in [9.17, 15) is 0 Å². The fourth-order valence-electron chi connectivity index (χ4n) is 0.672. The minimum atomic E-state index is -0.436. The van der Waals surface area contributed by atoms with Crippen LogP contribution in [0.5, 0.6) is 0 Å². The molecule has 68 valence electrons. The van der Waals surface area contributed by atoms with Gasteiger partial charge in [0.25, 0.3) is 0 Å². The molecule has 0 aromatic rings. The molecule has 2 atom stereocenters. The highest BCUT2D eigenvalue weighted by atomic mass is 16.5. The molecule has 0 saturated heterocycles. The highest BCUT2D eigenvalue weighted by molar-refractivity contribution is 4.64.